The zero-order valence-corrected chi connectivity index (χ0v) is 9.60. The first-order valence-electron chi connectivity index (χ1n) is 5.59. The Hall–Kier alpha value is -2.21. The summed E-state index contributed by atoms with van der Waals surface area (Å²) in [6.45, 7) is 1.29. The fraction of sp³-hybridized carbons (Fsp3) is 0.167. The van der Waals surface area contributed by atoms with Gasteiger partial charge in [0.05, 0.1) is 6.20 Å². The number of fused-ring (bicyclic) bond motifs is 1. The van der Waals surface area contributed by atoms with E-state index < -0.39 is 5.82 Å². The molecule has 0 radical (unpaired) electrons. The van der Waals surface area contributed by atoms with Crippen molar-refractivity contribution in [2.24, 2.45) is 5.84 Å². The standard InChI is InChI=1S/C12H12FN5/c13-10-5-15-12(17-14)16-11(10)18-6-8-3-1-2-4-9(8)7-18/h1-5H,6-7,14H2,(H,15,16,17). The topological polar surface area (TPSA) is 67.1 Å². The Balaban J connectivity index is 1.94. The van der Waals surface area contributed by atoms with E-state index in [2.05, 4.69) is 15.4 Å². The number of aromatic nitrogens is 2. The van der Waals surface area contributed by atoms with Gasteiger partial charge < -0.3 is 4.90 Å². The summed E-state index contributed by atoms with van der Waals surface area (Å²) in [5.41, 5.74) is 4.71. The molecule has 18 heavy (non-hydrogen) atoms. The average Bonchev–Trinajstić information content (AvgIpc) is 2.82. The zero-order chi connectivity index (χ0) is 12.5. The second-order valence-corrected chi connectivity index (χ2v) is 4.13. The van der Waals surface area contributed by atoms with Gasteiger partial charge in [-0.05, 0) is 11.1 Å². The maximum absolute atomic E-state index is 13.7. The molecule has 0 spiro atoms. The van der Waals surface area contributed by atoms with Crippen LogP contribution in [0.15, 0.2) is 30.5 Å². The third-order valence-corrected chi connectivity index (χ3v) is 3.00. The van der Waals surface area contributed by atoms with Crippen LogP contribution in [0.25, 0.3) is 0 Å². The Bertz CT molecular complexity index is 561. The Labute approximate surface area is 103 Å². The van der Waals surface area contributed by atoms with Gasteiger partial charge in [0.25, 0.3) is 0 Å². The van der Waals surface area contributed by atoms with Gasteiger partial charge in [-0.1, -0.05) is 24.3 Å². The summed E-state index contributed by atoms with van der Waals surface area (Å²) >= 11 is 0. The number of hydrogen-bond donors (Lipinski definition) is 2. The molecule has 1 aromatic heterocycles. The number of nitrogens with zero attached hydrogens (tertiary/aromatic N) is 3. The van der Waals surface area contributed by atoms with Crippen molar-refractivity contribution in [2.75, 3.05) is 10.3 Å². The fourth-order valence-electron chi connectivity index (χ4n) is 2.13. The van der Waals surface area contributed by atoms with E-state index in [0.717, 1.165) is 6.20 Å². The zero-order valence-electron chi connectivity index (χ0n) is 9.60. The van der Waals surface area contributed by atoms with Crippen LogP contribution in [0, 0.1) is 5.82 Å². The highest BCUT2D eigenvalue weighted by Gasteiger charge is 2.22. The molecule has 2 aromatic rings. The molecule has 0 bridgehead atoms. The minimum atomic E-state index is -0.443. The molecule has 1 aliphatic heterocycles. The maximum Gasteiger partial charge on any atom is 0.239 e. The SMILES string of the molecule is NNc1ncc(F)c(N2Cc3ccccc3C2)n1. The third kappa shape index (κ3) is 1.76. The van der Waals surface area contributed by atoms with E-state index in [1.165, 1.54) is 11.1 Å². The summed E-state index contributed by atoms with van der Waals surface area (Å²) in [5, 5.41) is 0. The molecule has 1 aliphatic rings. The summed E-state index contributed by atoms with van der Waals surface area (Å²) in [5.74, 6) is 5.28. The number of benzene rings is 1. The molecule has 3 rings (SSSR count). The second-order valence-electron chi connectivity index (χ2n) is 4.13. The Morgan fingerprint density at radius 2 is 1.89 bits per heavy atom. The van der Waals surface area contributed by atoms with Crippen LogP contribution in [0.2, 0.25) is 0 Å². The molecule has 0 fully saturated rings. The van der Waals surface area contributed by atoms with Crippen LogP contribution in [0.3, 0.4) is 0 Å². The number of hydrogen-bond acceptors (Lipinski definition) is 5. The minimum absolute atomic E-state index is 0.211. The highest BCUT2D eigenvalue weighted by molar-refractivity contribution is 5.49. The van der Waals surface area contributed by atoms with Gasteiger partial charge in [-0.3, -0.25) is 5.43 Å². The number of nitrogens with one attached hydrogen (secondary N) is 1. The van der Waals surface area contributed by atoms with Crippen molar-refractivity contribution >= 4 is 11.8 Å². The fourth-order valence-corrected chi connectivity index (χ4v) is 2.13. The van der Waals surface area contributed by atoms with Crippen LogP contribution in [0.1, 0.15) is 11.1 Å². The van der Waals surface area contributed by atoms with Gasteiger partial charge in [-0.15, -0.1) is 0 Å². The van der Waals surface area contributed by atoms with Crippen LogP contribution in [-0.4, -0.2) is 9.97 Å². The maximum atomic E-state index is 13.7. The molecule has 0 saturated carbocycles. The molecule has 0 atom stereocenters. The van der Waals surface area contributed by atoms with E-state index in [0.29, 0.717) is 13.1 Å². The third-order valence-electron chi connectivity index (χ3n) is 3.00. The van der Waals surface area contributed by atoms with Crippen molar-refractivity contribution in [1.29, 1.82) is 0 Å². The van der Waals surface area contributed by atoms with Crippen LogP contribution < -0.4 is 16.2 Å². The average molecular weight is 245 g/mol. The Morgan fingerprint density at radius 1 is 1.22 bits per heavy atom. The van der Waals surface area contributed by atoms with Crippen LogP contribution >= 0.6 is 0 Å². The molecule has 1 aromatic carbocycles. The van der Waals surface area contributed by atoms with Gasteiger partial charge in [-0.25, -0.2) is 15.2 Å². The molecule has 2 heterocycles. The lowest BCUT2D eigenvalue weighted by atomic mass is 10.1. The van der Waals surface area contributed by atoms with E-state index in [-0.39, 0.29) is 11.8 Å². The van der Waals surface area contributed by atoms with Crippen molar-refractivity contribution in [2.45, 2.75) is 13.1 Å². The molecular weight excluding hydrogens is 233 g/mol. The molecule has 0 aliphatic carbocycles. The Kier molecular flexibility index (Phi) is 2.56. The lowest BCUT2D eigenvalue weighted by molar-refractivity contribution is 0.604. The van der Waals surface area contributed by atoms with E-state index in [1.807, 2.05) is 29.2 Å². The van der Waals surface area contributed by atoms with Gasteiger partial charge in [0.15, 0.2) is 11.6 Å². The monoisotopic (exact) mass is 245 g/mol. The van der Waals surface area contributed by atoms with Crippen LogP contribution in [0.5, 0.6) is 0 Å². The van der Waals surface area contributed by atoms with Gasteiger partial charge in [-0.2, -0.15) is 4.98 Å². The number of halogens is 1. The van der Waals surface area contributed by atoms with Crippen molar-refractivity contribution in [1.82, 2.24) is 9.97 Å². The first-order valence-corrected chi connectivity index (χ1v) is 5.59. The molecule has 6 heteroatoms. The smallest absolute Gasteiger partial charge is 0.239 e. The minimum Gasteiger partial charge on any atom is -0.345 e. The van der Waals surface area contributed by atoms with Crippen molar-refractivity contribution in [3.8, 4) is 0 Å². The van der Waals surface area contributed by atoms with Gasteiger partial charge in [0, 0.05) is 13.1 Å². The van der Waals surface area contributed by atoms with Crippen molar-refractivity contribution in [3.63, 3.8) is 0 Å². The van der Waals surface area contributed by atoms with E-state index in [9.17, 15) is 4.39 Å². The number of hydrazine groups is 1. The van der Waals surface area contributed by atoms with E-state index in [4.69, 9.17) is 5.84 Å². The summed E-state index contributed by atoms with van der Waals surface area (Å²) in [7, 11) is 0. The number of nitrogen functional groups attached to an aromatic ring is 1. The number of nitrogens with two attached hydrogens (primary N) is 1. The quantitative estimate of drug-likeness (QED) is 0.618. The highest BCUT2D eigenvalue weighted by Crippen LogP contribution is 2.28. The Morgan fingerprint density at radius 3 is 2.50 bits per heavy atom. The van der Waals surface area contributed by atoms with Gasteiger partial charge in [0.1, 0.15) is 0 Å². The first-order chi connectivity index (χ1) is 8.78. The van der Waals surface area contributed by atoms with E-state index in [1.54, 1.807) is 0 Å². The summed E-state index contributed by atoms with van der Waals surface area (Å²) in [4.78, 5) is 9.65. The van der Waals surface area contributed by atoms with Gasteiger partial charge in [0.2, 0.25) is 5.95 Å². The normalized spacial score (nSPS) is 13.6. The van der Waals surface area contributed by atoms with Crippen molar-refractivity contribution < 1.29 is 4.39 Å². The van der Waals surface area contributed by atoms with Crippen molar-refractivity contribution in [3.05, 3.63) is 47.4 Å². The van der Waals surface area contributed by atoms with Crippen LogP contribution in [-0.2, 0) is 13.1 Å². The van der Waals surface area contributed by atoms with Crippen LogP contribution in [0.4, 0.5) is 16.2 Å². The van der Waals surface area contributed by atoms with E-state index >= 15 is 0 Å². The molecule has 0 amide bonds. The molecule has 5 nitrogen and oxygen atoms in total. The number of rotatable bonds is 2. The summed E-state index contributed by atoms with van der Waals surface area (Å²) in [6, 6.07) is 8.03. The molecule has 0 saturated heterocycles. The molecule has 3 N–H and O–H groups in total. The van der Waals surface area contributed by atoms with Gasteiger partial charge >= 0.3 is 0 Å². The predicted octanol–water partition coefficient (Wildman–Crippen LogP) is 1.42. The summed E-state index contributed by atoms with van der Waals surface area (Å²) < 4.78 is 13.7. The first kappa shape index (κ1) is 10.9. The lowest BCUT2D eigenvalue weighted by Gasteiger charge is -2.17. The number of anilines is 2. The highest BCUT2D eigenvalue weighted by atomic mass is 19.1. The molecular formula is C12H12FN5. The predicted molar refractivity (Wildman–Crippen MR) is 66.1 cm³/mol. The molecule has 92 valence electrons. The largest absolute Gasteiger partial charge is 0.345 e. The second kappa shape index (κ2) is 4.23. The lowest BCUT2D eigenvalue weighted by Crippen LogP contribution is -2.20. The summed E-state index contributed by atoms with van der Waals surface area (Å²) in [6.07, 6.45) is 1.13. The molecule has 0 unspecified atom stereocenters.